The standard InChI is InChI=1S/C20H29N3O3/c1-15-4-3-5-17(12-15)19(25)23-11-8-20(26,14-23)13-22-9-6-18(7-10-22)21-16(2)24/h3-5,12,18,26H,6-11,13-14H2,1-2H3,(H,21,24)/t20-/m1/s1. The van der Waals surface area contributed by atoms with E-state index in [0.717, 1.165) is 31.5 Å². The molecule has 0 radical (unpaired) electrons. The molecule has 3 rings (SSSR count). The van der Waals surface area contributed by atoms with Gasteiger partial charge in [0.1, 0.15) is 0 Å². The number of β-amino-alcohol motifs (C(OH)–C–C–N with tert-alkyl or cyclic N) is 1. The summed E-state index contributed by atoms with van der Waals surface area (Å²) in [4.78, 5) is 27.9. The fraction of sp³-hybridized carbons (Fsp3) is 0.600. The number of amides is 2. The molecule has 2 heterocycles. The summed E-state index contributed by atoms with van der Waals surface area (Å²) in [5.41, 5.74) is 0.901. The molecule has 0 unspecified atom stereocenters. The second kappa shape index (κ2) is 7.76. The average Bonchev–Trinajstić information content (AvgIpc) is 2.97. The van der Waals surface area contributed by atoms with Crippen LogP contribution in [0.2, 0.25) is 0 Å². The molecule has 1 aromatic carbocycles. The Bertz CT molecular complexity index is 670. The van der Waals surface area contributed by atoms with Crippen molar-refractivity contribution in [2.24, 2.45) is 0 Å². The minimum atomic E-state index is -0.847. The molecular weight excluding hydrogens is 330 g/mol. The van der Waals surface area contributed by atoms with E-state index in [0.29, 0.717) is 31.6 Å². The van der Waals surface area contributed by atoms with Gasteiger partial charge in [0, 0.05) is 44.7 Å². The molecule has 6 nitrogen and oxygen atoms in total. The van der Waals surface area contributed by atoms with Gasteiger partial charge in [0.25, 0.3) is 5.91 Å². The monoisotopic (exact) mass is 359 g/mol. The van der Waals surface area contributed by atoms with Gasteiger partial charge in [-0.3, -0.25) is 9.59 Å². The van der Waals surface area contributed by atoms with Crippen molar-refractivity contribution < 1.29 is 14.7 Å². The highest BCUT2D eigenvalue weighted by molar-refractivity contribution is 5.94. The summed E-state index contributed by atoms with van der Waals surface area (Å²) in [6, 6.07) is 7.83. The molecular formula is C20H29N3O3. The summed E-state index contributed by atoms with van der Waals surface area (Å²) in [5, 5.41) is 13.9. The summed E-state index contributed by atoms with van der Waals surface area (Å²) in [5.74, 6) is 0.0113. The number of aryl methyl sites for hydroxylation is 1. The van der Waals surface area contributed by atoms with E-state index in [4.69, 9.17) is 0 Å². The maximum absolute atomic E-state index is 12.7. The van der Waals surface area contributed by atoms with Crippen LogP contribution < -0.4 is 5.32 Å². The lowest BCUT2D eigenvalue weighted by molar-refractivity contribution is -0.120. The molecule has 142 valence electrons. The number of nitrogens with one attached hydrogen (secondary N) is 1. The highest BCUT2D eigenvalue weighted by Crippen LogP contribution is 2.25. The fourth-order valence-corrected chi connectivity index (χ4v) is 4.06. The first-order valence-electron chi connectivity index (χ1n) is 9.42. The van der Waals surface area contributed by atoms with E-state index in [1.807, 2.05) is 31.2 Å². The molecule has 1 aromatic rings. The van der Waals surface area contributed by atoms with Crippen LogP contribution in [0.4, 0.5) is 0 Å². The van der Waals surface area contributed by atoms with Gasteiger partial charge in [-0.1, -0.05) is 17.7 Å². The van der Waals surface area contributed by atoms with Gasteiger partial charge in [-0.25, -0.2) is 0 Å². The Kier molecular flexibility index (Phi) is 5.63. The Morgan fingerprint density at radius 2 is 2.00 bits per heavy atom. The van der Waals surface area contributed by atoms with Gasteiger partial charge in [-0.2, -0.15) is 0 Å². The van der Waals surface area contributed by atoms with Crippen LogP contribution in [0.15, 0.2) is 24.3 Å². The minimum Gasteiger partial charge on any atom is -0.387 e. The summed E-state index contributed by atoms with van der Waals surface area (Å²) >= 11 is 0. The zero-order valence-electron chi connectivity index (χ0n) is 15.7. The lowest BCUT2D eigenvalue weighted by atomic mass is 9.99. The molecule has 2 aliphatic rings. The van der Waals surface area contributed by atoms with Crippen LogP contribution in [0.3, 0.4) is 0 Å². The molecule has 0 spiro atoms. The average molecular weight is 359 g/mol. The zero-order valence-corrected chi connectivity index (χ0v) is 15.7. The Labute approximate surface area is 155 Å². The van der Waals surface area contributed by atoms with E-state index in [1.165, 1.54) is 0 Å². The van der Waals surface area contributed by atoms with Crippen molar-refractivity contribution in [1.82, 2.24) is 15.1 Å². The number of piperidine rings is 1. The molecule has 0 saturated carbocycles. The predicted molar refractivity (Wildman–Crippen MR) is 99.9 cm³/mol. The minimum absolute atomic E-state index is 0.00556. The largest absolute Gasteiger partial charge is 0.387 e. The lowest BCUT2D eigenvalue weighted by Crippen LogP contribution is -2.50. The molecule has 2 saturated heterocycles. The van der Waals surface area contributed by atoms with Gasteiger partial charge >= 0.3 is 0 Å². The maximum atomic E-state index is 12.7. The van der Waals surface area contributed by atoms with Crippen molar-refractivity contribution in [1.29, 1.82) is 0 Å². The van der Waals surface area contributed by atoms with Crippen molar-refractivity contribution in [3.05, 3.63) is 35.4 Å². The van der Waals surface area contributed by atoms with Crippen LogP contribution in [0.25, 0.3) is 0 Å². The first-order valence-corrected chi connectivity index (χ1v) is 9.42. The molecule has 6 heteroatoms. The van der Waals surface area contributed by atoms with Crippen molar-refractivity contribution in [3.8, 4) is 0 Å². The van der Waals surface area contributed by atoms with Crippen LogP contribution in [-0.2, 0) is 4.79 Å². The maximum Gasteiger partial charge on any atom is 0.253 e. The molecule has 2 aliphatic heterocycles. The number of likely N-dealkylation sites (tertiary alicyclic amines) is 2. The van der Waals surface area contributed by atoms with E-state index in [1.54, 1.807) is 11.8 Å². The summed E-state index contributed by atoms with van der Waals surface area (Å²) < 4.78 is 0. The smallest absolute Gasteiger partial charge is 0.253 e. The SMILES string of the molecule is CC(=O)NC1CCN(C[C@]2(O)CCN(C(=O)c3cccc(C)c3)C2)CC1. The van der Waals surface area contributed by atoms with Crippen molar-refractivity contribution >= 4 is 11.8 Å². The quantitative estimate of drug-likeness (QED) is 0.847. The van der Waals surface area contributed by atoms with Gasteiger partial charge in [-0.05, 0) is 38.3 Å². The Morgan fingerprint density at radius 3 is 2.65 bits per heavy atom. The Morgan fingerprint density at radius 1 is 1.27 bits per heavy atom. The van der Waals surface area contributed by atoms with E-state index >= 15 is 0 Å². The molecule has 2 N–H and O–H groups in total. The molecule has 0 aliphatic carbocycles. The van der Waals surface area contributed by atoms with Crippen LogP contribution in [-0.4, -0.2) is 71.1 Å². The third-order valence-corrected chi connectivity index (χ3v) is 5.40. The Hall–Kier alpha value is -1.92. The number of benzene rings is 1. The number of nitrogens with zero attached hydrogens (tertiary/aromatic N) is 2. The van der Waals surface area contributed by atoms with Crippen LogP contribution in [0.1, 0.15) is 42.1 Å². The molecule has 2 fully saturated rings. The third-order valence-electron chi connectivity index (χ3n) is 5.40. The predicted octanol–water partition coefficient (Wildman–Crippen LogP) is 1.17. The number of hydrogen-bond acceptors (Lipinski definition) is 4. The first-order chi connectivity index (χ1) is 12.3. The van der Waals surface area contributed by atoms with E-state index in [-0.39, 0.29) is 17.9 Å². The van der Waals surface area contributed by atoms with Crippen molar-refractivity contribution in [2.45, 2.75) is 44.8 Å². The van der Waals surface area contributed by atoms with Gasteiger partial charge in [0.2, 0.25) is 5.91 Å². The first kappa shape index (κ1) is 18.9. The molecule has 0 aromatic heterocycles. The molecule has 1 atom stereocenters. The van der Waals surface area contributed by atoms with Gasteiger partial charge in [0.15, 0.2) is 0 Å². The number of carbonyl (C=O) groups excluding carboxylic acids is 2. The summed E-state index contributed by atoms with van der Waals surface area (Å²) in [7, 11) is 0. The van der Waals surface area contributed by atoms with Crippen molar-refractivity contribution in [3.63, 3.8) is 0 Å². The normalized spacial score (nSPS) is 24.7. The number of rotatable bonds is 4. The van der Waals surface area contributed by atoms with Gasteiger partial charge < -0.3 is 20.2 Å². The van der Waals surface area contributed by atoms with Gasteiger partial charge in [0.05, 0.1) is 12.1 Å². The van der Waals surface area contributed by atoms with E-state index in [2.05, 4.69) is 10.2 Å². The Balaban J connectivity index is 1.52. The molecule has 26 heavy (non-hydrogen) atoms. The van der Waals surface area contributed by atoms with Crippen LogP contribution >= 0.6 is 0 Å². The van der Waals surface area contributed by atoms with Gasteiger partial charge in [-0.15, -0.1) is 0 Å². The number of hydrogen-bond donors (Lipinski definition) is 2. The zero-order chi connectivity index (χ0) is 18.7. The molecule has 0 bridgehead atoms. The number of carbonyl (C=O) groups is 2. The third kappa shape index (κ3) is 4.62. The highest BCUT2D eigenvalue weighted by atomic mass is 16.3. The fourth-order valence-electron chi connectivity index (χ4n) is 4.06. The van der Waals surface area contributed by atoms with E-state index < -0.39 is 5.60 Å². The summed E-state index contributed by atoms with van der Waals surface area (Å²) in [6.45, 7) is 6.79. The molecule has 2 amide bonds. The number of aliphatic hydroxyl groups is 1. The van der Waals surface area contributed by atoms with Crippen LogP contribution in [0.5, 0.6) is 0 Å². The summed E-state index contributed by atoms with van der Waals surface area (Å²) in [6.07, 6.45) is 2.42. The topological polar surface area (TPSA) is 72.9 Å². The van der Waals surface area contributed by atoms with E-state index in [9.17, 15) is 14.7 Å². The second-order valence-corrected chi connectivity index (χ2v) is 7.82. The second-order valence-electron chi connectivity index (χ2n) is 7.82. The highest BCUT2D eigenvalue weighted by Gasteiger charge is 2.40. The van der Waals surface area contributed by atoms with Crippen molar-refractivity contribution in [2.75, 3.05) is 32.7 Å². The lowest BCUT2D eigenvalue weighted by Gasteiger charge is -2.36. The van der Waals surface area contributed by atoms with Crippen LogP contribution in [0, 0.1) is 6.92 Å².